The van der Waals surface area contributed by atoms with Crippen molar-refractivity contribution in [2.45, 2.75) is 44.4 Å². The third-order valence-corrected chi connectivity index (χ3v) is 10.8. The Morgan fingerprint density at radius 1 is 0.587 bits per heavy atom. The summed E-state index contributed by atoms with van der Waals surface area (Å²) in [7, 11) is 0. The van der Waals surface area contributed by atoms with Crippen molar-refractivity contribution < 1.29 is 4.42 Å². The summed E-state index contributed by atoms with van der Waals surface area (Å²) in [4.78, 5) is 2.45. The second kappa shape index (κ2) is 10.8. The molecule has 7 aromatic rings. The van der Waals surface area contributed by atoms with Crippen molar-refractivity contribution in [3.05, 3.63) is 151 Å². The van der Waals surface area contributed by atoms with E-state index in [9.17, 15) is 0 Å². The fraction of sp³-hybridized carbons (Fsp3) is 0.182. The molecule has 0 unspecified atom stereocenters. The van der Waals surface area contributed by atoms with Crippen LogP contribution in [-0.4, -0.2) is 0 Å². The first-order chi connectivity index (χ1) is 22.6. The van der Waals surface area contributed by atoms with Gasteiger partial charge in [-0.3, -0.25) is 0 Å². The molecule has 2 bridgehead atoms. The standard InChI is InChI=1S/C44H37NO/c1-30-26-35(44-24-22-31(29-44)23-25-44)17-21-40(30)45(36-18-19-38-37-14-8-9-15-42(37)46-43(38)28-36)41-20-16-34(32-10-4-2-5-11-32)27-39(41)33-12-6-3-7-13-33/h2-21,26-28,31H,22-25,29H2,1H3. The molecule has 0 atom stereocenters. The molecule has 2 heteroatoms. The van der Waals surface area contributed by atoms with Gasteiger partial charge in [-0.05, 0) is 115 Å². The van der Waals surface area contributed by atoms with Gasteiger partial charge in [0.15, 0.2) is 0 Å². The number of benzene rings is 6. The number of hydrogen-bond donors (Lipinski definition) is 0. The lowest BCUT2D eigenvalue weighted by Gasteiger charge is -2.32. The number of furan rings is 1. The molecule has 0 saturated heterocycles. The number of rotatable bonds is 6. The monoisotopic (exact) mass is 595 g/mol. The van der Waals surface area contributed by atoms with E-state index in [2.05, 4.69) is 145 Å². The van der Waals surface area contributed by atoms with Crippen LogP contribution in [0.25, 0.3) is 44.2 Å². The summed E-state index contributed by atoms with van der Waals surface area (Å²) in [6, 6.07) is 50.8. The van der Waals surface area contributed by atoms with Gasteiger partial charge in [-0.25, -0.2) is 0 Å². The molecule has 2 nitrogen and oxygen atoms in total. The molecule has 0 aliphatic heterocycles. The maximum Gasteiger partial charge on any atom is 0.137 e. The molecule has 0 amide bonds. The molecule has 2 fully saturated rings. The average Bonchev–Trinajstić information content (AvgIpc) is 3.84. The highest BCUT2D eigenvalue weighted by Crippen LogP contribution is 2.56. The number of fused-ring (bicyclic) bond motifs is 5. The van der Waals surface area contributed by atoms with Crippen molar-refractivity contribution in [3.8, 4) is 22.3 Å². The van der Waals surface area contributed by atoms with Gasteiger partial charge in [0.05, 0.1) is 5.69 Å². The minimum absolute atomic E-state index is 0.374. The molecule has 2 aliphatic carbocycles. The number of aryl methyl sites for hydroxylation is 1. The van der Waals surface area contributed by atoms with Crippen molar-refractivity contribution in [1.82, 2.24) is 0 Å². The normalized spacial score (nSPS) is 18.8. The van der Waals surface area contributed by atoms with Crippen molar-refractivity contribution >= 4 is 39.0 Å². The molecule has 0 spiro atoms. The molecular weight excluding hydrogens is 558 g/mol. The van der Waals surface area contributed by atoms with Gasteiger partial charge >= 0.3 is 0 Å². The molecular formula is C44H37NO. The van der Waals surface area contributed by atoms with E-state index in [-0.39, 0.29) is 0 Å². The second-order valence-corrected chi connectivity index (χ2v) is 13.5. The van der Waals surface area contributed by atoms with Crippen LogP contribution < -0.4 is 4.90 Å². The molecule has 6 aromatic carbocycles. The van der Waals surface area contributed by atoms with Crippen molar-refractivity contribution in [3.63, 3.8) is 0 Å². The van der Waals surface area contributed by atoms with Gasteiger partial charge in [-0.1, -0.05) is 97.1 Å². The van der Waals surface area contributed by atoms with Crippen LogP contribution in [0.15, 0.2) is 144 Å². The van der Waals surface area contributed by atoms with Crippen LogP contribution in [0.1, 0.15) is 43.2 Å². The zero-order valence-corrected chi connectivity index (χ0v) is 26.2. The van der Waals surface area contributed by atoms with E-state index >= 15 is 0 Å². The first-order valence-electron chi connectivity index (χ1n) is 16.7. The van der Waals surface area contributed by atoms with Crippen LogP contribution in [0, 0.1) is 12.8 Å². The van der Waals surface area contributed by atoms with Gasteiger partial charge in [0, 0.05) is 33.8 Å². The quantitative estimate of drug-likeness (QED) is 0.190. The molecule has 46 heavy (non-hydrogen) atoms. The van der Waals surface area contributed by atoms with E-state index in [0.29, 0.717) is 5.41 Å². The van der Waals surface area contributed by atoms with Crippen LogP contribution in [0.3, 0.4) is 0 Å². The summed E-state index contributed by atoms with van der Waals surface area (Å²) >= 11 is 0. The predicted octanol–water partition coefficient (Wildman–Crippen LogP) is 12.5. The average molecular weight is 596 g/mol. The zero-order chi connectivity index (χ0) is 30.7. The minimum Gasteiger partial charge on any atom is -0.456 e. The molecule has 0 radical (unpaired) electrons. The van der Waals surface area contributed by atoms with Gasteiger partial charge in [0.2, 0.25) is 0 Å². The lowest BCUT2D eigenvalue weighted by molar-refractivity contribution is 0.419. The molecule has 2 saturated carbocycles. The number of para-hydroxylation sites is 1. The van der Waals surface area contributed by atoms with E-state index in [0.717, 1.165) is 39.2 Å². The largest absolute Gasteiger partial charge is 0.456 e. The van der Waals surface area contributed by atoms with E-state index in [4.69, 9.17) is 4.42 Å². The molecule has 224 valence electrons. The Labute approximate surface area is 270 Å². The zero-order valence-electron chi connectivity index (χ0n) is 26.2. The summed E-state index contributed by atoms with van der Waals surface area (Å²) in [5.74, 6) is 0.920. The Kier molecular flexibility index (Phi) is 6.38. The highest BCUT2D eigenvalue weighted by Gasteiger charge is 2.45. The maximum atomic E-state index is 6.43. The van der Waals surface area contributed by atoms with E-state index in [1.807, 2.05) is 6.07 Å². The molecule has 1 aromatic heterocycles. The predicted molar refractivity (Wildman–Crippen MR) is 192 cm³/mol. The molecule has 1 heterocycles. The lowest BCUT2D eigenvalue weighted by atomic mass is 9.77. The van der Waals surface area contributed by atoms with Gasteiger partial charge in [-0.2, -0.15) is 0 Å². The fourth-order valence-electron chi connectivity index (χ4n) is 8.49. The fourth-order valence-corrected chi connectivity index (χ4v) is 8.49. The van der Waals surface area contributed by atoms with Crippen molar-refractivity contribution in [2.75, 3.05) is 4.90 Å². The van der Waals surface area contributed by atoms with Crippen LogP contribution in [0.2, 0.25) is 0 Å². The van der Waals surface area contributed by atoms with Gasteiger partial charge in [0.1, 0.15) is 11.2 Å². The van der Waals surface area contributed by atoms with Crippen LogP contribution in [0.5, 0.6) is 0 Å². The van der Waals surface area contributed by atoms with E-state index in [1.165, 1.54) is 71.2 Å². The molecule has 0 N–H and O–H groups in total. The van der Waals surface area contributed by atoms with Crippen LogP contribution in [-0.2, 0) is 5.41 Å². The third-order valence-electron chi connectivity index (χ3n) is 10.8. The minimum atomic E-state index is 0.374. The summed E-state index contributed by atoms with van der Waals surface area (Å²) in [6.45, 7) is 2.30. The van der Waals surface area contributed by atoms with Crippen molar-refractivity contribution in [2.24, 2.45) is 5.92 Å². The van der Waals surface area contributed by atoms with Crippen LogP contribution >= 0.6 is 0 Å². The molecule has 9 rings (SSSR count). The number of anilines is 3. The van der Waals surface area contributed by atoms with Gasteiger partial charge in [-0.15, -0.1) is 0 Å². The Bertz CT molecular complexity index is 2200. The first kappa shape index (κ1) is 27.2. The van der Waals surface area contributed by atoms with Crippen LogP contribution in [0.4, 0.5) is 17.1 Å². The summed E-state index contributed by atoms with van der Waals surface area (Å²) in [5, 5.41) is 2.30. The third kappa shape index (κ3) is 4.47. The Hall–Kier alpha value is -5.08. The highest BCUT2D eigenvalue weighted by molar-refractivity contribution is 6.06. The van der Waals surface area contributed by atoms with E-state index < -0.39 is 0 Å². The smallest absolute Gasteiger partial charge is 0.137 e. The Morgan fingerprint density at radius 3 is 2.02 bits per heavy atom. The Balaban J connectivity index is 1.26. The molecule has 2 aliphatic rings. The van der Waals surface area contributed by atoms with Crippen molar-refractivity contribution in [1.29, 1.82) is 0 Å². The van der Waals surface area contributed by atoms with Gasteiger partial charge in [0.25, 0.3) is 0 Å². The Morgan fingerprint density at radius 2 is 1.28 bits per heavy atom. The summed E-state index contributed by atoms with van der Waals surface area (Å²) in [6.07, 6.45) is 6.80. The highest BCUT2D eigenvalue weighted by atomic mass is 16.3. The van der Waals surface area contributed by atoms with Gasteiger partial charge < -0.3 is 9.32 Å². The number of nitrogens with zero attached hydrogens (tertiary/aromatic N) is 1. The lowest BCUT2D eigenvalue weighted by Crippen LogP contribution is -2.20. The number of hydrogen-bond acceptors (Lipinski definition) is 2. The summed E-state index contributed by atoms with van der Waals surface area (Å²) < 4.78 is 6.43. The first-order valence-corrected chi connectivity index (χ1v) is 16.7. The summed E-state index contributed by atoms with van der Waals surface area (Å²) in [5.41, 5.74) is 13.3. The maximum absolute atomic E-state index is 6.43. The topological polar surface area (TPSA) is 16.4 Å². The van der Waals surface area contributed by atoms with E-state index in [1.54, 1.807) is 0 Å². The second-order valence-electron chi connectivity index (χ2n) is 13.5. The SMILES string of the molecule is Cc1cc(C23CCC(CC2)C3)ccc1N(c1ccc2c(c1)oc1ccccc12)c1ccc(-c2ccccc2)cc1-c1ccccc1.